The molecule has 0 saturated heterocycles. The minimum Gasteiger partial charge on any atom is -0.347 e. The average Bonchev–Trinajstić information content (AvgIpc) is 2.42. The molecule has 1 aromatic carbocycles. The first kappa shape index (κ1) is 17.4. The summed E-state index contributed by atoms with van der Waals surface area (Å²) in [7, 11) is 0. The van der Waals surface area contributed by atoms with E-state index in [4.69, 9.17) is 11.6 Å². The quantitative estimate of drug-likeness (QED) is 0.848. The van der Waals surface area contributed by atoms with Crippen LogP contribution in [-0.2, 0) is 9.59 Å². The predicted octanol–water partition coefficient (Wildman–Crippen LogP) is 2.82. The lowest BCUT2D eigenvalue weighted by Gasteiger charge is -2.23. The maximum atomic E-state index is 14.0. The van der Waals surface area contributed by atoms with Crippen LogP contribution in [0.25, 0.3) is 0 Å². The number of hydrogen-bond donors (Lipinski definition) is 2. The molecule has 0 saturated carbocycles. The highest BCUT2D eigenvalue weighted by molar-refractivity contribution is 6.30. The zero-order valence-electron chi connectivity index (χ0n) is 12.4. The molecule has 0 aliphatic carbocycles. The molecule has 0 bridgehead atoms. The fourth-order valence-corrected chi connectivity index (χ4v) is 2.04. The lowest BCUT2D eigenvalue weighted by molar-refractivity contribution is -0.126. The maximum absolute atomic E-state index is 14.0. The summed E-state index contributed by atoms with van der Waals surface area (Å²) in [4.78, 5) is 23.0. The molecule has 0 spiro atoms. The molecule has 4 nitrogen and oxygen atoms in total. The fraction of sp³-hybridized carbons (Fsp3) is 0.467. The molecule has 0 fully saturated rings. The number of hydrogen-bond acceptors (Lipinski definition) is 2. The Labute approximate surface area is 129 Å². The minimum absolute atomic E-state index is 0.00787. The van der Waals surface area contributed by atoms with Gasteiger partial charge in [0, 0.05) is 17.0 Å². The lowest BCUT2D eigenvalue weighted by atomic mass is 9.95. The van der Waals surface area contributed by atoms with Gasteiger partial charge in [-0.15, -0.1) is 0 Å². The van der Waals surface area contributed by atoms with Gasteiger partial charge in [0.05, 0.1) is 12.6 Å². The number of rotatable bonds is 6. The van der Waals surface area contributed by atoms with E-state index in [0.29, 0.717) is 17.0 Å². The van der Waals surface area contributed by atoms with E-state index in [1.165, 1.54) is 6.07 Å². The van der Waals surface area contributed by atoms with Crippen molar-refractivity contribution in [2.75, 3.05) is 6.54 Å². The monoisotopic (exact) mass is 314 g/mol. The van der Waals surface area contributed by atoms with Crippen molar-refractivity contribution in [2.24, 2.45) is 5.92 Å². The summed E-state index contributed by atoms with van der Waals surface area (Å²) < 4.78 is 14.0. The number of benzene rings is 1. The van der Waals surface area contributed by atoms with E-state index in [0.717, 1.165) is 0 Å². The molecular weight excluding hydrogens is 295 g/mol. The highest BCUT2D eigenvalue weighted by Crippen LogP contribution is 2.26. The second kappa shape index (κ2) is 7.98. The van der Waals surface area contributed by atoms with Gasteiger partial charge in [-0.3, -0.25) is 9.59 Å². The van der Waals surface area contributed by atoms with E-state index in [1.54, 1.807) is 19.1 Å². The molecule has 1 atom stereocenters. The lowest BCUT2D eigenvalue weighted by Crippen LogP contribution is -2.40. The van der Waals surface area contributed by atoms with Crippen LogP contribution in [0, 0.1) is 11.7 Å². The van der Waals surface area contributed by atoms with Crippen LogP contribution in [0.15, 0.2) is 18.2 Å². The van der Waals surface area contributed by atoms with Gasteiger partial charge in [0.15, 0.2) is 0 Å². The third-order valence-corrected chi connectivity index (χ3v) is 3.28. The Morgan fingerprint density at radius 1 is 1.29 bits per heavy atom. The summed E-state index contributed by atoms with van der Waals surface area (Å²) in [5.74, 6) is -1.03. The Hall–Kier alpha value is -1.62. The summed E-state index contributed by atoms with van der Waals surface area (Å²) in [6, 6.07) is 3.89. The number of carbonyl (C=O) groups is 2. The Balaban J connectivity index is 2.78. The van der Waals surface area contributed by atoms with Crippen LogP contribution in [0.2, 0.25) is 5.02 Å². The summed E-state index contributed by atoms with van der Waals surface area (Å²) in [5.41, 5.74) is 0.379. The Morgan fingerprint density at radius 3 is 2.48 bits per heavy atom. The highest BCUT2D eigenvalue weighted by Gasteiger charge is 2.21. The molecule has 116 valence electrons. The fourth-order valence-electron chi connectivity index (χ4n) is 1.89. The molecule has 0 heterocycles. The standard InChI is InChI=1S/C15H20ClFN2O2/c1-4-13(20)18-8-14(21)19-15(9(2)3)11-6-5-10(16)7-12(11)17/h5-7,9,15H,4,8H2,1-3H3,(H,18,20)(H,19,21). The molecule has 2 amide bonds. The molecule has 21 heavy (non-hydrogen) atoms. The SMILES string of the molecule is CCC(=O)NCC(=O)NC(c1ccc(Cl)cc1F)C(C)C. The molecule has 2 N–H and O–H groups in total. The zero-order valence-corrected chi connectivity index (χ0v) is 13.1. The zero-order chi connectivity index (χ0) is 16.0. The second-order valence-corrected chi connectivity index (χ2v) is 5.52. The Bertz CT molecular complexity index is 520. The van der Waals surface area contributed by atoms with Gasteiger partial charge >= 0.3 is 0 Å². The number of halogens is 2. The van der Waals surface area contributed by atoms with Gasteiger partial charge in [0.1, 0.15) is 5.82 Å². The van der Waals surface area contributed by atoms with E-state index < -0.39 is 11.9 Å². The highest BCUT2D eigenvalue weighted by atomic mass is 35.5. The number of amides is 2. The van der Waals surface area contributed by atoms with Gasteiger partial charge in [0.2, 0.25) is 11.8 Å². The molecule has 0 aliphatic heterocycles. The molecular formula is C15H20ClFN2O2. The van der Waals surface area contributed by atoms with E-state index in [-0.39, 0.29) is 24.3 Å². The third kappa shape index (κ3) is 5.34. The van der Waals surface area contributed by atoms with Crippen molar-refractivity contribution in [3.63, 3.8) is 0 Å². The van der Waals surface area contributed by atoms with Crippen LogP contribution in [0.5, 0.6) is 0 Å². The summed E-state index contributed by atoms with van der Waals surface area (Å²) in [5, 5.41) is 5.53. The first-order valence-corrected chi connectivity index (χ1v) is 7.24. The van der Waals surface area contributed by atoms with Crippen molar-refractivity contribution >= 4 is 23.4 Å². The van der Waals surface area contributed by atoms with Crippen LogP contribution >= 0.6 is 11.6 Å². The van der Waals surface area contributed by atoms with Crippen molar-refractivity contribution in [1.29, 1.82) is 0 Å². The van der Waals surface area contributed by atoms with Crippen LogP contribution in [0.4, 0.5) is 4.39 Å². The molecule has 0 aromatic heterocycles. The molecule has 1 rings (SSSR count). The van der Waals surface area contributed by atoms with Crippen molar-refractivity contribution in [2.45, 2.75) is 33.2 Å². The topological polar surface area (TPSA) is 58.2 Å². The van der Waals surface area contributed by atoms with Gasteiger partial charge in [-0.1, -0.05) is 38.4 Å². The Morgan fingerprint density at radius 2 is 1.95 bits per heavy atom. The summed E-state index contributed by atoms with van der Waals surface area (Å²) in [6.07, 6.45) is 0.312. The van der Waals surface area contributed by atoms with Gasteiger partial charge in [-0.2, -0.15) is 0 Å². The predicted molar refractivity (Wildman–Crippen MR) is 80.4 cm³/mol. The first-order chi connectivity index (χ1) is 9.85. The molecule has 6 heteroatoms. The third-order valence-electron chi connectivity index (χ3n) is 3.05. The smallest absolute Gasteiger partial charge is 0.239 e. The largest absolute Gasteiger partial charge is 0.347 e. The van der Waals surface area contributed by atoms with Gasteiger partial charge in [-0.25, -0.2) is 4.39 Å². The maximum Gasteiger partial charge on any atom is 0.239 e. The first-order valence-electron chi connectivity index (χ1n) is 6.86. The number of nitrogens with one attached hydrogen (secondary N) is 2. The van der Waals surface area contributed by atoms with Gasteiger partial charge in [0.25, 0.3) is 0 Å². The van der Waals surface area contributed by atoms with E-state index >= 15 is 0 Å². The van der Waals surface area contributed by atoms with Crippen LogP contribution < -0.4 is 10.6 Å². The van der Waals surface area contributed by atoms with Crippen LogP contribution in [-0.4, -0.2) is 18.4 Å². The molecule has 0 aliphatic rings. The molecule has 1 unspecified atom stereocenters. The van der Waals surface area contributed by atoms with Gasteiger partial charge in [-0.05, 0) is 18.1 Å². The van der Waals surface area contributed by atoms with E-state index in [9.17, 15) is 14.0 Å². The van der Waals surface area contributed by atoms with Crippen molar-refractivity contribution in [3.05, 3.63) is 34.6 Å². The van der Waals surface area contributed by atoms with E-state index in [1.807, 2.05) is 13.8 Å². The van der Waals surface area contributed by atoms with E-state index in [2.05, 4.69) is 10.6 Å². The Kier molecular flexibility index (Phi) is 6.62. The van der Waals surface area contributed by atoms with Crippen LogP contribution in [0.3, 0.4) is 0 Å². The van der Waals surface area contributed by atoms with Crippen molar-refractivity contribution in [3.8, 4) is 0 Å². The molecule has 0 radical (unpaired) electrons. The summed E-state index contributed by atoms with van der Waals surface area (Å²) >= 11 is 5.73. The minimum atomic E-state index is -0.478. The normalized spacial score (nSPS) is 12.1. The average molecular weight is 315 g/mol. The summed E-state index contributed by atoms with van der Waals surface area (Å²) in [6.45, 7) is 5.34. The van der Waals surface area contributed by atoms with Crippen LogP contribution in [0.1, 0.15) is 38.8 Å². The van der Waals surface area contributed by atoms with Gasteiger partial charge < -0.3 is 10.6 Å². The number of carbonyl (C=O) groups excluding carboxylic acids is 2. The molecule has 1 aromatic rings. The second-order valence-electron chi connectivity index (χ2n) is 5.09. The van der Waals surface area contributed by atoms with Crippen molar-refractivity contribution < 1.29 is 14.0 Å². The van der Waals surface area contributed by atoms with Crippen molar-refractivity contribution in [1.82, 2.24) is 10.6 Å².